The highest BCUT2D eigenvalue weighted by Gasteiger charge is 2.25. The number of sulfonamides is 1. The summed E-state index contributed by atoms with van der Waals surface area (Å²) in [5, 5.41) is 9.48. The lowest BCUT2D eigenvalue weighted by Gasteiger charge is -2.15. The van der Waals surface area contributed by atoms with Gasteiger partial charge < -0.3 is 9.52 Å². The van der Waals surface area contributed by atoms with E-state index >= 15 is 0 Å². The maximum atomic E-state index is 12.3. The molecule has 7 heteroatoms. The van der Waals surface area contributed by atoms with Crippen molar-refractivity contribution in [3.63, 3.8) is 0 Å². The number of nitrogens with one attached hydrogen (secondary N) is 1. The van der Waals surface area contributed by atoms with Gasteiger partial charge in [-0.1, -0.05) is 23.7 Å². The number of hydrogen-bond acceptors (Lipinski definition) is 4. The van der Waals surface area contributed by atoms with Crippen LogP contribution in [0.3, 0.4) is 0 Å². The van der Waals surface area contributed by atoms with Gasteiger partial charge >= 0.3 is 0 Å². The Morgan fingerprint density at radius 1 is 1.35 bits per heavy atom. The molecule has 20 heavy (non-hydrogen) atoms. The van der Waals surface area contributed by atoms with Crippen molar-refractivity contribution in [1.82, 2.24) is 4.72 Å². The normalized spacial score (nSPS) is 13.3. The first-order chi connectivity index (χ1) is 9.45. The quantitative estimate of drug-likeness (QED) is 0.887. The van der Waals surface area contributed by atoms with Crippen molar-refractivity contribution in [3.8, 4) is 0 Å². The summed E-state index contributed by atoms with van der Waals surface area (Å²) in [6.45, 7) is 1.30. The van der Waals surface area contributed by atoms with Crippen LogP contribution in [0, 0.1) is 6.92 Å². The van der Waals surface area contributed by atoms with Crippen LogP contribution in [-0.2, 0) is 10.0 Å². The van der Waals surface area contributed by atoms with Gasteiger partial charge in [-0.3, -0.25) is 0 Å². The van der Waals surface area contributed by atoms with Crippen molar-refractivity contribution in [2.45, 2.75) is 17.9 Å². The summed E-state index contributed by atoms with van der Waals surface area (Å²) in [5.74, 6) is 0.333. The van der Waals surface area contributed by atoms with E-state index < -0.39 is 22.7 Å². The van der Waals surface area contributed by atoms with Crippen LogP contribution in [0.5, 0.6) is 0 Å². The minimum absolute atomic E-state index is 0.0239. The minimum atomic E-state index is -3.85. The van der Waals surface area contributed by atoms with E-state index in [4.69, 9.17) is 16.0 Å². The lowest BCUT2D eigenvalue weighted by Crippen LogP contribution is -2.30. The van der Waals surface area contributed by atoms with Crippen LogP contribution in [0.2, 0.25) is 5.02 Å². The van der Waals surface area contributed by atoms with E-state index in [2.05, 4.69) is 4.72 Å². The minimum Gasteiger partial charge on any atom is -0.468 e. The molecule has 1 aromatic heterocycles. The number of aryl methyl sites for hydroxylation is 1. The number of hydrogen-bond donors (Lipinski definition) is 2. The molecule has 0 spiro atoms. The zero-order valence-corrected chi connectivity index (χ0v) is 12.3. The van der Waals surface area contributed by atoms with Crippen molar-refractivity contribution in [2.24, 2.45) is 0 Å². The molecule has 2 rings (SSSR count). The lowest BCUT2D eigenvalue weighted by atomic mass is 10.2. The Hall–Kier alpha value is -1.34. The average Bonchev–Trinajstić information content (AvgIpc) is 2.93. The first kappa shape index (κ1) is 15.1. The summed E-state index contributed by atoms with van der Waals surface area (Å²) >= 11 is 6.02. The van der Waals surface area contributed by atoms with Gasteiger partial charge in [-0.15, -0.1) is 0 Å². The first-order valence-corrected chi connectivity index (χ1v) is 7.73. The molecule has 0 fully saturated rings. The molecule has 1 atom stereocenters. The summed E-state index contributed by atoms with van der Waals surface area (Å²) in [7, 11) is -3.85. The van der Waals surface area contributed by atoms with Gasteiger partial charge in [0.15, 0.2) is 0 Å². The molecule has 2 N–H and O–H groups in total. The molecular formula is C13H14ClNO4S. The van der Waals surface area contributed by atoms with Crippen LogP contribution in [0.1, 0.15) is 17.4 Å². The maximum Gasteiger partial charge on any atom is 0.242 e. The predicted molar refractivity (Wildman–Crippen MR) is 75.0 cm³/mol. The highest BCUT2D eigenvalue weighted by molar-refractivity contribution is 7.89. The molecule has 2 aromatic rings. The highest BCUT2D eigenvalue weighted by atomic mass is 35.5. The van der Waals surface area contributed by atoms with E-state index in [1.165, 1.54) is 12.3 Å². The summed E-state index contributed by atoms with van der Waals surface area (Å²) < 4.78 is 32.1. The van der Waals surface area contributed by atoms with E-state index in [1.807, 2.05) is 0 Å². The fourth-order valence-electron chi connectivity index (χ4n) is 1.75. The van der Waals surface area contributed by atoms with E-state index in [1.54, 1.807) is 31.2 Å². The monoisotopic (exact) mass is 315 g/mol. The molecule has 0 saturated carbocycles. The van der Waals surface area contributed by atoms with Gasteiger partial charge in [-0.25, -0.2) is 8.42 Å². The molecule has 0 aliphatic rings. The maximum absolute atomic E-state index is 12.3. The molecule has 108 valence electrons. The summed E-state index contributed by atoms with van der Waals surface area (Å²) in [6.07, 6.45) is 1.41. The van der Waals surface area contributed by atoms with Gasteiger partial charge in [0.2, 0.25) is 10.0 Å². The van der Waals surface area contributed by atoms with Gasteiger partial charge in [-0.2, -0.15) is 4.72 Å². The number of aliphatic hydroxyl groups is 1. The fraction of sp³-hybridized carbons (Fsp3) is 0.231. The van der Waals surface area contributed by atoms with Crippen LogP contribution < -0.4 is 4.72 Å². The summed E-state index contributed by atoms with van der Waals surface area (Å²) in [5.41, 5.74) is 0.660. The highest BCUT2D eigenvalue weighted by Crippen LogP contribution is 2.26. The molecule has 0 radical (unpaired) electrons. The van der Waals surface area contributed by atoms with Crippen LogP contribution in [0.15, 0.2) is 45.9 Å². The van der Waals surface area contributed by atoms with Gasteiger partial charge in [-0.05, 0) is 30.7 Å². The zero-order chi connectivity index (χ0) is 14.8. The lowest BCUT2D eigenvalue weighted by molar-refractivity contribution is 0.242. The van der Waals surface area contributed by atoms with Gasteiger partial charge in [0.25, 0.3) is 0 Å². The number of rotatable bonds is 5. The molecule has 1 aromatic carbocycles. The Balaban J connectivity index is 2.33. The van der Waals surface area contributed by atoms with Gasteiger partial charge in [0.05, 0.1) is 17.9 Å². The summed E-state index contributed by atoms with van der Waals surface area (Å²) in [4.78, 5) is -0.0239. The topological polar surface area (TPSA) is 79.5 Å². The van der Waals surface area contributed by atoms with Crippen LogP contribution in [0.4, 0.5) is 0 Å². The second kappa shape index (κ2) is 5.97. The molecule has 0 amide bonds. The molecule has 1 unspecified atom stereocenters. The average molecular weight is 316 g/mol. The fourth-order valence-corrected chi connectivity index (χ4v) is 3.53. The third-order valence-corrected chi connectivity index (χ3v) is 4.94. The van der Waals surface area contributed by atoms with Crippen molar-refractivity contribution >= 4 is 21.6 Å². The van der Waals surface area contributed by atoms with Gasteiger partial charge in [0, 0.05) is 0 Å². The Kier molecular flexibility index (Phi) is 4.49. The molecule has 5 nitrogen and oxygen atoms in total. The van der Waals surface area contributed by atoms with Crippen molar-refractivity contribution in [1.29, 1.82) is 0 Å². The predicted octanol–water partition coefficient (Wildman–Crippen LogP) is 2.25. The third kappa shape index (κ3) is 3.04. The smallest absolute Gasteiger partial charge is 0.242 e. The van der Waals surface area contributed by atoms with Crippen molar-refractivity contribution < 1.29 is 17.9 Å². The largest absolute Gasteiger partial charge is 0.468 e. The van der Waals surface area contributed by atoms with Gasteiger partial charge in [0.1, 0.15) is 16.7 Å². The molecule has 0 saturated heterocycles. The van der Waals surface area contributed by atoms with Crippen molar-refractivity contribution in [2.75, 3.05) is 6.61 Å². The zero-order valence-electron chi connectivity index (χ0n) is 10.7. The first-order valence-electron chi connectivity index (χ1n) is 5.87. The standard InChI is InChI=1S/C13H14ClNO4S/c1-9-4-2-6-12(13(9)14)20(17,18)15-10(8-16)11-5-3-7-19-11/h2-7,10,15-16H,8H2,1H3. The molecule has 0 bridgehead atoms. The van der Waals surface area contributed by atoms with E-state index in [0.717, 1.165) is 0 Å². The molecular weight excluding hydrogens is 302 g/mol. The number of benzene rings is 1. The van der Waals surface area contributed by atoms with E-state index in [9.17, 15) is 13.5 Å². The van der Waals surface area contributed by atoms with E-state index in [0.29, 0.717) is 11.3 Å². The molecule has 0 aliphatic carbocycles. The Bertz CT molecular complexity index is 682. The second-order valence-electron chi connectivity index (χ2n) is 4.26. The van der Waals surface area contributed by atoms with Crippen LogP contribution in [0.25, 0.3) is 0 Å². The SMILES string of the molecule is Cc1cccc(S(=O)(=O)NC(CO)c2ccco2)c1Cl. The van der Waals surface area contributed by atoms with Crippen LogP contribution >= 0.6 is 11.6 Å². The second-order valence-corrected chi connectivity index (χ2v) is 6.32. The van der Waals surface area contributed by atoms with E-state index in [-0.39, 0.29) is 9.92 Å². The summed E-state index contributed by atoms with van der Waals surface area (Å²) in [6, 6.07) is 7.08. The van der Waals surface area contributed by atoms with Crippen LogP contribution in [-0.4, -0.2) is 20.1 Å². The van der Waals surface area contributed by atoms with Crippen molar-refractivity contribution in [3.05, 3.63) is 52.9 Å². The number of halogens is 1. The Morgan fingerprint density at radius 3 is 2.70 bits per heavy atom. The third-order valence-electron chi connectivity index (χ3n) is 2.81. The molecule has 0 aliphatic heterocycles. The molecule has 1 heterocycles. The number of furan rings is 1. The number of aliphatic hydroxyl groups excluding tert-OH is 1. The Morgan fingerprint density at radius 2 is 2.10 bits per heavy atom. The Labute approximate surface area is 122 Å².